The summed E-state index contributed by atoms with van der Waals surface area (Å²) < 4.78 is 0. The third-order valence-corrected chi connectivity index (χ3v) is 3.85. The SMILES string of the molecule is CCc1cccc(NC(=O)Cc2cccc3ccccc23)c1. The summed E-state index contributed by atoms with van der Waals surface area (Å²) >= 11 is 0. The van der Waals surface area contributed by atoms with Crippen LogP contribution in [0.2, 0.25) is 0 Å². The summed E-state index contributed by atoms with van der Waals surface area (Å²) in [5.41, 5.74) is 3.15. The van der Waals surface area contributed by atoms with E-state index in [0.717, 1.165) is 23.1 Å². The fourth-order valence-electron chi connectivity index (χ4n) is 2.69. The molecule has 3 aromatic rings. The van der Waals surface area contributed by atoms with Crippen LogP contribution in [0.3, 0.4) is 0 Å². The fraction of sp³-hybridized carbons (Fsp3) is 0.150. The lowest BCUT2D eigenvalue weighted by atomic mass is 10.0. The molecule has 1 N–H and O–H groups in total. The van der Waals surface area contributed by atoms with Gasteiger partial charge in [0.1, 0.15) is 0 Å². The number of amides is 1. The van der Waals surface area contributed by atoms with Gasteiger partial charge in [-0.2, -0.15) is 0 Å². The molecule has 2 nitrogen and oxygen atoms in total. The molecule has 22 heavy (non-hydrogen) atoms. The Labute approximate surface area is 130 Å². The van der Waals surface area contributed by atoms with E-state index < -0.39 is 0 Å². The zero-order valence-corrected chi connectivity index (χ0v) is 12.7. The minimum atomic E-state index is 0.0182. The Kier molecular flexibility index (Phi) is 4.19. The summed E-state index contributed by atoms with van der Waals surface area (Å²) in [7, 11) is 0. The normalized spacial score (nSPS) is 10.6. The second kappa shape index (κ2) is 6.44. The molecule has 0 aliphatic rings. The zero-order chi connectivity index (χ0) is 15.4. The van der Waals surface area contributed by atoms with Crippen molar-refractivity contribution in [2.75, 3.05) is 5.32 Å². The van der Waals surface area contributed by atoms with E-state index in [-0.39, 0.29) is 5.91 Å². The fourth-order valence-corrected chi connectivity index (χ4v) is 2.69. The molecule has 0 saturated heterocycles. The molecule has 0 bridgehead atoms. The van der Waals surface area contributed by atoms with E-state index in [1.165, 1.54) is 10.9 Å². The number of aryl methyl sites for hydroxylation is 1. The smallest absolute Gasteiger partial charge is 0.228 e. The van der Waals surface area contributed by atoms with Crippen molar-refractivity contribution >= 4 is 22.4 Å². The van der Waals surface area contributed by atoms with Crippen molar-refractivity contribution in [2.45, 2.75) is 19.8 Å². The number of nitrogens with one attached hydrogen (secondary N) is 1. The summed E-state index contributed by atoms with van der Waals surface area (Å²) in [6.07, 6.45) is 1.35. The van der Waals surface area contributed by atoms with Crippen LogP contribution in [0.15, 0.2) is 66.7 Å². The Bertz CT molecular complexity index is 802. The number of rotatable bonds is 4. The van der Waals surface area contributed by atoms with Crippen molar-refractivity contribution in [3.05, 3.63) is 77.9 Å². The molecule has 0 aliphatic heterocycles. The van der Waals surface area contributed by atoms with Crippen molar-refractivity contribution < 1.29 is 4.79 Å². The van der Waals surface area contributed by atoms with Crippen LogP contribution in [0.4, 0.5) is 5.69 Å². The average Bonchev–Trinajstić information content (AvgIpc) is 2.55. The maximum Gasteiger partial charge on any atom is 0.228 e. The molecule has 0 radical (unpaired) electrons. The highest BCUT2D eigenvalue weighted by Gasteiger charge is 2.07. The van der Waals surface area contributed by atoms with Gasteiger partial charge in [-0.05, 0) is 40.5 Å². The third kappa shape index (κ3) is 3.17. The number of hydrogen-bond acceptors (Lipinski definition) is 1. The maximum atomic E-state index is 12.3. The molecular weight excluding hydrogens is 270 g/mol. The topological polar surface area (TPSA) is 29.1 Å². The quantitative estimate of drug-likeness (QED) is 0.748. The molecule has 0 aliphatic carbocycles. The zero-order valence-electron chi connectivity index (χ0n) is 12.7. The lowest BCUT2D eigenvalue weighted by molar-refractivity contribution is -0.115. The van der Waals surface area contributed by atoms with Gasteiger partial charge in [-0.25, -0.2) is 0 Å². The predicted octanol–water partition coefficient (Wildman–Crippen LogP) is 4.58. The van der Waals surface area contributed by atoms with Crippen molar-refractivity contribution in [1.82, 2.24) is 0 Å². The highest BCUT2D eigenvalue weighted by molar-refractivity contribution is 5.96. The molecule has 0 heterocycles. The van der Waals surface area contributed by atoms with Gasteiger partial charge in [0.05, 0.1) is 6.42 Å². The van der Waals surface area contributed by atoms with Gasteiger partial charge in [-0.15, -0.1) is 0 Å². The first kappa shape index (κ1) is 14.3. The van der Waals surface area contributed by atoms with Crippen molar-refractivity contribution in [1.29, 1.82) is 0 Å². The van der Waals surface area contributed by atoms with E-state index in [0.29, 0.717) is 6.42 Å². The van der Waals surface area contributed by atoms with Crippen LogP contribution in [0, 0.1) is 0 Å². The molecule has 0 atom stereocenters. The van der Waals surface area contributed by atoms with E-state index in [1.807, 2.05) is 42.5 Å². The van der Waals surface area contributed by atoms with Gasteiger partial charge in [-0.1, -0.05) is 61.5 Å². The molecule has 0 aromatic heterocycles. The van der Waals surface area contributed by atoms with E-state index in [4.69, 9.17) is 0 Å². The van der Waals surface area contributed by atoms with Gasteiger partial charge in [-0.3, -0.25) is 4.79 Å². The lowest BCUT2D eigenvalue weighted by Crippen LogP contribution is -2.14. The van der Waals surface area contributed by atoms with Crippen molar-refractivity contribution in [2.24, 2.45) is 0 Å². The first-order chi connectivity index (χ1) is 10.8. The largest absolute Gasteiger partial charge is 0.326 e. The third-order valence-electron chi connectivity index (χ3n) is 3.85. The Morgan fingerprint density at radius 2 is 1.73 bits per heavy atom. The molecular formula is C20H19NO. The summed E-state index contributed by atoms with van der Waals surface area (Å²) in [6, 6.07) is 22.3. The van der Waals surface area contributed by atoms with Gasteiger partial charge in [0.2, 0.25) is 5.91 Å². The first-order valence-corrected chi connectivity index (χ1v) is 7.61. The Morgan fingerprint density at radius 1 is 0.955 bits per heavy atom. The number of carbonyl (C=O) groups excluding carboxylic acids is 1. The second-order valence-electron chi connectivity index (χ2n) is 5.42. The standard InChI is InChI=1S/C20H19NO/c1-2-15-7-5-11-18(13-15)21-20(22)14-17-10-6-9-16-8-3-4-12-19(16)17/h3-13H,2,14H2,1H3,(H,21,22). The molecule has 2 heteroatoms. The van der Waals surface area contributed by atoms with Gasteiger partial charge in [0.25, 0.3) is 0 Å². The van der Waals surface area contributed by atoms with E-state index in [2.05, 4.69) is 36.5 Å². The second-order valence-corrected chi connectivity index (χ2v) is 5.42. The Morgan fingerprint density at radius 3 is 2.59 bits per heavy atom. The minimum Gasteiger partial charge on any atom is -0.326 e. The van der Waals surface area contributed by atoms with Crippen LogP contribution in [0.25, 0.3) is 10.8 Å². The van der Waals surface area contributed by atoms with Crippen molar-refractivity contribution in [3.63, 3.8) is 0 Å². The van der Waals surface area contributed by atoms with Crippen LogP contribution in [0.5, 0.6) is 0 Å². The Balaban J connectivity index is 1.78. The molecule has 3 rings (SSSR count). The highest BCUT2D eigenvalue weighted by Crippen LogP contribution is 2.19. The van der Waals surface area contributed by atoms with E-state index in [9.17, 15) is 4.79 Å². The van der Waals surface area contributed by atoms with Gasteiger partial charge in [0, 0.05) is 5.69 Å². The van der Waals surface area contributed by atoms with E-state index in [1.54, 1.807) is 0 Å². The average molecular weight is 289 g/mol. The van der Waals surface area contributed by atoms with Gasteiger partial charge >= 0.3 is 0 Å². The summed E-state index contributed by atoms with van der Waals surface area (Å²) in [5, 5.41) is 5.30. The van der Waals surface area contributed by atoms with Gasteiger partial charge in [0.15, 0.2) is 0 Å². The molecule has 0 saturated carbocycles. The minimum absolute atomic E-state index is 0.0182. The monoisotopic (exact) mass is 289 g/mol. The number of fused-ring (bicyclic) bond motifs is 1. The number of carbonyl (C=O) groups is 1. The molecule has 1 amide bonds. The van der Waals surface area contributed by atoms with E-state index >= 15 is 0 Å². The van der Waals surface area contributed by atoms with Crippen LogP contribution in [-0.4, -0.2) is 5.91 Å². The molecule has 0 fully saturated rings. The predicted molar refractivity (Wildman–Crippen MR) is 92.1 cm³/mol. The molecule has 0 unspecified atom stereocenters. The number of anilines is 1. The number of hydrogen-bond donors (Lipinski definition) is 1. The van der Waals surface area contributed by atoms with Crippen LogP contribution in [-0.2, 0) is 17.6 Å². The first-order valence-electron chi connectivity index (χ1n) is 7.61. The summed E-state index contributed by atoms with van der Waals surface area (Å²) in [5.74, 6) is 0.0182. The van der Waals surface area contributed by atoms with Crippen LogP contribution in [0.1, 0.15) is 18.1 Å². The Hall–Kier alpha value is -2.61. The number of benzene rings is 3. The van der Waals surface area contributed by atoms with Gasteiger partial charge < -0.3 is 5.32 Å². The molecule has 3 aromatic carbocycles. The summed E-state index contributed by atoms with van der Waals surface area (Å²) in [6.45, 7) is 2.11. The molecule has 110 valence electrons. The maximum absolute atomic E-state index is 12.3. The summed E-state index contributed by atoms with van der Waals surface area (Å²) in [4.78, 5) is 12.3. The molecule has 0 spiro atoms. The highest BCUT2D eigenvalue weighted by atomic mass is 16.1. The van der Waals surface area contributed by atoms with Crippen molar-refractivity contribution in [3.8, 4) is 0 Å². The lowest BCUT2D eigenvalue weighted by Gasteiger charge is -2.09. The van der Waals surface area contributed by atoms with Crippen LogP contribution >= 0.6 is 0 Å². The van der Waals surface area contributed by atoms with Crippen LogP contribution < -0.4 is 5.32 Å².